The van der Waals surface area contributed by atoms with Crippen LogP contribution in [0.15, 0.2) is 52.5 Å². The molecule has 0 aliphatic rings. The first-order chi connectivity index (χ1) is 12.0. The molecule has 2 aromatic carbocycles. The molecule has 0 saturated carbocycles. The van der Waals surface area contributed by atoms with E-state index in [1.54, 1.807) is 39.3 Å². The van der Waals surface area contributed by atoms with Gasteiger partial charge in [0.15, 0.2) is 0 Å². The molecule has 0 heterocycles. The molecule has 0 radical (unpaired) electrons. The Kier molecular flexibility index (Phi) is 7.16. The summed E-state index contributed by atoms with van der Waals surface area (Å²) < 4.78 is 10.5. The van der Waals surface area contributed by atoms with E-state index < -0.39 is 0 Å². The van der Waals surface area contributed by atoms with E-state index in [9.17, 15) is 4.79 Å². The van der Waals surface area contributed by atoms with Gasteiger partial charge in [-0.05, 0) is 43.3 Å². The molecule has 1 amide bonds. The van der Waals surface area contributed by atoms with Crippen molar-refractivity contribution in [3.63, 3.8) is 0 Å². The number of carbonyl (C=O) groups is 1. The lowest BCUT2D eigenvalue weighted by molar-refractivity contribution is -0.118. The van der Waals surface area contributed by atoms with Gasteiger partial charge in [0.1, 0.15) is 11.5 Å². The van der Waals surface area contributed by atoms with Crippen LogP contribution in [0, 0.1) is 0 Å². The first-order valence-electron chi connectivity index (χ1n) is 7.47. The lowest BCUT2D eigenvalue weighted by Crippen LogP contribution is -2.21. The molecule has 2 aromatic rings. The fourth-order valence-corrected chi connectivity index (χ4v) is 2.83. The first kappa shape index (κ1) is 19.1. The van der Waals surface area contributed by atoms with Gasteiger partial charge in [-0.1, -0.05) is 11.6 Å². The molecule has 132 valence electrons. The molecule has 0 spiro atoms. The average molecular weight is 379 g/mol. The molecule has 1 N–H and O–H groups in total. The molecule has 0 unspecified atom stereocenters. The number of halogens is 1. The molecule has 0 aliphatic carbocycles. The van der Waals surface area contributed by atoms with Crippen molar-refractivity contribution in [1.29, 1.82) is 0 Å². The van der Waals surface area contributed by atoms with Crippen molar-refractivity contribution >= 4 is 35.0 Å². The van der Waals surface area contributed by atoms with E-state index in [4.69, 9.17) is 21.1 Å². The summed E-state index contributed by atoms with van der Waals surface area (Å²) in [5.41, 5.74) is 3.99. The maximum absolute atomic E-state index is 12.0. The second kappa shape index (κ2) is 9.34. The van der Waals surface area contributed by atoms with Gasteiger partial charge in [-0.3, -0.25) is 4.79 Å². The van der Waals surface area contributed by atoms with Gasteiger partial charge in [0.25, 0.3) is 0 Å². The first-order valence-corrected chi connectivity index (χ1v) is 8.83. The number of hydrogen-bond acceptors (Lipinski definition) is 5. The van der Waals surface area contributed by atoms with Gasteiger partial charge in [-0.25, -0.2) is 5.43 Å². The normalized spacial score (nSPS) is 11.1. The number of thioether (sulfide) groups is 1. The van der Waals surface area contributed by atoms with Gasteiger partial charge in [0.2, 0.25) is 5.91 Å². The molecule has 0 bridgehead atoms. The maximum Gasteiger partial charge on any atom is 0.250 e. The lowest BCUT2D eigenvalue weighted by Gasteiger charge is -2.10. The zero-order valence-electron chi connectivity index (χ0n) is 14.2. The summed E-state index contributed by atoms with van der Waals surface area (Å²) in [4.78, 5) is 12.9. The van der Waals surface area contributed by atoms with Crippen LogP contribution in [0.3, 0.4) is 0 Å². The van der Waals surface area contributed by atoms with E-state index in [0.29, 0.717) is 22.2 Å². The van der Waals surface area contributed by atoms with E-state index in [2.05, 4.69) is 10.5 Å². The third kappa shape index (κ3) is 5.69. The highest BCUT2D eigenvalue weighted by Crippen LogP contribution is 2.25. The Hall–Kier alpha value is -2.18. The van der Waals surface area contributed by atoms with Crippen LogP contribution in [-0.4, -0.2) is 31.6 Å². The Bertz CT molecular complexity index is 763. The Morgan fingerprint density at radius 3 is 2.52 bits per heavy atom. The van der Waals surface area contributed by atoms with E-state index in [1.807, 2.05) is 24.3 Å². The zero-order valence-corrected chi connectivity index (χ0v) is 15.8. The highest BCUT2D eigenvalue weighted by Gasteiger charge is 2.09. The number of carbonyl (C=O) groups excluding carboxylic acids is 1. The molecule has 0 fully saturated rings. The number of nitrogens with zero attached hydrogens (tertiary/aromatic N) is 1. The summed E-state index contributed by atoms with van der Waals surface area (Å²) in [6, 6.07) is 12.8. The maximum atomic E-state index is 12.0. The molecule has 5 nitrogen and oxygen atoms in total. The fraction of sp³-hybridized carbons (Fsp3) is 0.222. The summed E-state index contributed by atoms with van der Waals surface area (Å²) in [5.74, 6) is 1.40. The lowest BCUT2D eigenvalue weighted by atomic mass is 10.1. The third-order valence-corrected chi connectivity index (χ3v) is 4.59. The van der Waals surface area contributed by atoms with Crippen LogP contribution in [0.2, 0.25) is 5.02 Å². The molecule has 0 aliphatic heterocycles. The number of methoxy groups -OCH3 is 2. The van der Waals surface area contributed by atoms with Crippen LogP contribution in [0.5, 0.6) is 11.5 Å². The third-order valence-electron chi connectivity index (χ3n) is 3.33. The van der Waals surface area contributed by atoms with Crippen LogP contribution in [-0.2, 0) is 4.79 Å². The molecular weight excluding hydrogens is 360 g/mol. The second-order valence-electron chi connectivity index (χ2n) is 5.04. The van der Waals surface area contributed by atoms with Crippen molar-refractivity contribution in [2.45, 2.75) is 11.8 Å². The second-order valence-corrected chi connectivity index (χ2v) is 6.53. The Labute approximate surface area is 156 Å². The van der Waals surface area contributed by atoms with Gasteiger partial charge in [0.05, 0.1) is 25.7 Å². The van der Waals surface area contributed by atoms with E-state index in [1.165, 1.54) is 11.8 Å². The van der Waals surface area contributed by atoms with Crippen LogP contribution in [0.4, 0.5) is 0 Å². The van der Waals surface area contributed by atoms with Crippen LogP contribution >= 0.6 is 23.4 Å². The van der Waals surface area contributed by atoms with Gasteiger partial charge >= 0.3 is 0 Å². The van der Waals surface area contributed by atoms with Crippen LogP contribution in [0.25, 0.3) is 0 Å². The van der Waals surface area contributed by atoms with Crippen molar-refractivity contribution in [3.05, 3.63) is 53.1 Å². The highest BCUT2D eigenvalue weighted by atomic mass is 35.5. The van der Waals surface area contributed by atoms with Gasteiger partial charge in [-0.2, -0.15) is 5.10 Å². The largest absolute Gasteiger partial charge is 0.497 e. The number of ether oxygens (including phenoxy) is 2. The van der Waals surface area contributed by atoms with E-state index >= 15 is 0 Å². The monoisotopic (exact) mass is 378 g/mol. The molecule has 0 saturated heterocycles. The molecule has 0 atom stereocenters. The summed E-state index contributed by atoms with van der Waals surface area (Å²) in [6.45, 7) is 1.80. The number of amides is 1. The van der Waals surface area contributed by atoms with Crippen LogP contribution < -0.4 is 14.9 Å². The summed E-state index contributed by atoms with van der Waals surface area (Å²) >= 11 is 7.25. The van der Waals surface area contributed by atoms with Gasteiger partial charge in [0, 0.05) is 21.5 Å². The van der Waals surface area contributed by atoms with Crippen molar-refractivity contribution in [2.75, 3.05) is 20.0 Å². The van der Waals surface area contributed by atoms with Gasteiger partial charge < -0.3 is 9.47 Å². The topological polar surface area (TPSA) is 59.9 Å². The predicted octanol–water partition coefficient (Wildman–Crippen LogP) is 3.99. The Morgan fingerprint density at radius 1 is 1.16 bits per heavy atom. The molecular formula is C18H19ClN2O3S. The molecule has 7 heteroatoms. The quantitative estimate of drug-likeness (QED) is 0.449. The van der Waals surface area contributed by atoms with Crippen LogP contribution in [0.1, 0.15) is 12.5 Å². The minimum atomic E-state index is -0.188. The number of nitrogens with one attached hydrogen (secondary N) is 1. The minimum Gasteiger partial charge on any atom is -0.497 e. The van der Waals surface area contributed by atoms with Crippen molar-refractivity contribution in [2.24, 2.45) is 5.10 Å². The smallest absolute Gasteiger partial charge is 0.250 e. The molecule has 0 aromatic heterocycles. The summed E-state index contributed by atoms with van der Waals surface area (Å²) in [7, 11) is 3.17. The number of benzene rings is 2. The SMILES string of the molecule is COc1ccc(/C(C)=N\NC(=O)CSc2ccc(Cl)cc2)c(OC)c1. The Balaban J connectivity index is 1.96. The van der Waals surface area contributed by atoms with Gasteiger partial charge in [-0.15, -0.1) is 11.8 Å². The number of rotatable bonds is 7. The summed E-state index contributed by atoms with van der Waals surface area (Å²) in [6.07, 6.45) is 0. The van der Waals surface area contributed by atoms with Crippen molar-refractivity contribution < 1.29 is 14.3 Å². The van der Waals surface area contributed by atoms with E-state index in [0.717, 1.165) is 10.5 Å². The average Bonchev–Trinajstić information content (AvgIpc) is 2.65. The molecule has 2 rings (SSSR count). The summed E-state index contributed by atoms with van der Waals surface area (Å²) in [5, 5.41) is 4.82. The minimum absolute atomic E-state index is 0.188. The molecule has 25 heavy (non-hydrogen) atoms. The fourth-order valence-electron chi connectivity index (χ4n) is 2.02. The highest BCUT2D eigenvalue weighted by molar-refractivity contribution is 8.00. The van der Waals surface area contributed by atoms with E-state index in [-0.39, 0.29) is 11.7 Å². The number of hydrogen-bond donors (Lipinski definition) is 1. The predicted molar refractivity (Wildman–Crippen MR) is 102 cm³/mol. The zero-order chi connectivity index (χ0) is 18.2. The van der Waals surface area contributed by atoms with Crippen molar-refractivity contribution in [1.82, 2.24) is 5.43 Å². The van der Waals surface area contributed by atoms with Crippen molar-refractivity contribution in [3.8, 4) is 11.5 Å². The number of hydrazone groups is 1. The standard InChI is InChI=1S/C18H19ClN2O3S/c1-12(16-9-6-14(23-2)10-17(16)24-3)20-21-18(22)11-25-15-7-4-13(19)5-8-15/h4-10H,11H2,1-3H3,(H,21,22)/b20-12-. The Morgan fingerprint density at radius 2 is 1.88 bits per heavy atom.